The summed E-state index contributed by atoms with van der Waals surface area (Å²) < 4.78 is 0. The van der Waals surface area contributed by atoms with Crippen molar-refractivity contribution in [1.82, 2.24) is 9.97 Å². The lowest BCUT2D eigenvalue weighted by molar-refractivity contribution is 1.00. The number of thiophene rings is 1. The third-order valence-electron chi connectivity index (χ3n) is 2.55. The van der Waals surface area contributed by atoms with E-state index in [1.54, 1.807) is 17.5 Å². The lowest BCUT2D eigenvalue weighted by Crippen LogP contribution is -1.99. The molecule has 1 aliphatic rings. The molecular formula is C11H11N3S. The molecule has 2 aromatic heterocycles. The van der Waals surface area contributed by atoms with E-state index in [1.165, 1.54) is 12.8 Å². The average molecular weight is 217 g/mol. The van der Waals surface area contributed by atoms with E-state index in [2.05, 4.69) is 9.97 Å². The number of nitrogens with two attached hydrogens (primary N) is 1. The molecule has 3 nitrogen and oxygen atoms in total. The minimum Gasteiger partial charge on any atom is -0.396 e. The summed E-state index contributed by atoms with van der Waals surface area (Å²) in [6.45, 7) is 0. The summed E-state index contributed by atoms with van der Waals surface area (Å²) in [7, 11) is 0. The average Bonchev–Trinajstić information content (AvgIpc) is 2.94. The highest BCUT2D eigenvalue weighted by Crippen LogP contribution is 2.41. The highest BCUT2D eigenvalue weighted by molar-refractivity contribution is 7.13. The van der Waals surface area contributed by atoms with Gasteiger partial charge in [-0.15, -0.1) is 11.3 Å². The molecule has 0 spiro atoms. The van der Waals surface area contributed by atoms with Gasteiger partial charge in [-0.1, -0.05) is 6.07 Å². The fourth-order valence-corrected chi connectivity index (χ4v) is 2.28. The summed E-state index contributed by atoms with van der Waals surface area (Å²) in [5.41, 5.74) is 7.63. The van der Waals surface area contributed by atoms with Crippen LogP contribution in [0.4, 0.5) is 5.69 Å². The smallest absolute Gasteiger partial charge is 0.169 e. The van der Waals surface area contributed by atoms with Gasteiger partial charge in [0.1, 0.15) is 0 Å². The van der Waals surface area contributed by atoms with Crippen LogP contribution in [0.15, 0.2) is 23.7 Å². The van der Waals surface area contributed by atoms with E-state index in [0.717, 1.165) is 22.1 Å². The molecule has 0 aromatic carbocycles. The summed E-state index contributed by atoms with van der Waals surface area (Å²) in [6.07, 6.45) is 4.16. The summed E-state index contributed by atoms with van der Waals surface area (Å²) in [5, 5.41) is 2.03. The lowest BCUT2D eigenvalue weighted by Gasteiger charge is -2.04. The summed E-state index contributed by atoms with van der Waals surface area (Å²) in [5.74, 6) is 1.38. The Kier molecular flexibility index (Phi) is 1.95. The van der Waals surface area contributed by atoms with E-state index < -0.39 is 0 Å². The molecule has 4 heteroatoms. The SMILES string of the molecule is Nc1cnc(-c2cccs2)nc1C1CC1. The number of nitrogen functional groups attached to an aromatic ring is 1. The largest absolute Gasteiger partial charge is 0.396 e. The van der Waals surface area contributed by atoms with Crippen LogP contribution in [0, 0.1) is 0 Å². The zero-order chi connectivity index (χ0) is 10.3. The van der Waals surface area contributed by atoms with Gasteiger partial charge in [-0.05, 0) is 24.3 Å². The first-order chi connectivity index (χ1) is 7.34. The normalized spacial score (nSPS) is 15.5. The Labute approximate surface area is 92.0 Å². The second-order valence-corrected chi connectivity index (χ2v) is 4.73. The summed E-state index contributed by atoms with van der Waals surface area (Å²) in [4.78, 5) is 9.93. The Balaban J connectivity index is 2.06. The molecule has 1 fully saturated rings. The zero-order valence-corrected chi connectivity index (χ0v) is 9.00. The molecule has 2 heterocycles. The highest BCUT2D eigenvalue weighted by Gasteiger charge is 2.27. The fraction of sp³-hybridized carbons (Fsp3) is 0.273. The Morgan fingerprint density at radius 2 is 2.27 bits per heavy atom. The number of anilines is 1. The van der Waals surface area contributed by atoms with Gasteiger partial charge >= 0.3 is 0 Å². The topological polar surface area (TPSA) is 51.8 Å². The molecule has 0 atom stereocenters. The molecule has 1 saturated carbocycles. The van der Waals surface area contributed by atoms with Gasteiger partial charge in [-0.2, -0.15) is 0 Å². The maximum Gasteiger partial charge on any atom is 0.169 e. The molecule has 1 aliphatic carbocycles. The first kappa shape index (κ1) is 8.85. The van der Waals surface area contributed by atoms with Gasteiger partial charge in [-0.3, -0.25) is 0 Å². The van der Waals surface area contributed by atoms with Crippen LogP contribution < -0.4 is 5.73 Å². The van der Waals surface area contributed by atoms with Crippen molar-refractivity contribution in [2.45, 2.75) is 18.8 Å². The molecule has 0 bridgehead atoms. The second-order valence-electron chi connectivity index (χ2n) is 3.79. The highest BCUT2D eigenvalue weighted by atomic mass is 32.1. The van der Waals surface area contributed by atoms with E-state index in [-0.39, 0.29) is 0 Å². The Morgan fingerprint density at radius 1 is 1.40 bits per heavy atom. The predicted molar refractivity (Wildman–Crippen MR) is 61.7 cm³/mol. The van der Waals surface area contributed by atoms with E-state index in [4.69, 9.17) is 5.73 Å². The fourth-order valence-electron chi connectivity index (χ4n) is 1.61. The molecule has 0 amide bonds. The van der Waals surface area contributed by atoms with Crippen LogP contribution in [0.1, 0.15) is 24.5 Å². The molecule has 0 radical (unpaired) electrons. The van der Waals surface area contributed by atoms with E-state index >= 15 is 0 Å². The van der Waals surface area contributed by atoms with Crippen LogP contribution in [-0.2, 0) is 0 Å². The van der Waals surface area contributed by atoms with Crippen molar-refractivity contribution < 1.29 is 0 Å². The van der Waals surface area contributed by atoms with Crippen molar-refractivity contribution in [2.75, 3.05) is 5.73 Å². The monoisotopic (exact) mass is 217 g/mol. The van der Waals surface area contributed by atoms with Crippen molar-refractivity contribution in [1.29, 1.82) is 0 Å². The summed E-state index contributed by atoms with van der Waals surface area (Å²) in [6, 6.07) is 4.05. The van der Waals surface area contributed by atoms with E-state index in [1.807, 2.05) is 17.5 Å². The third-order valence-corrected chi connectivity index (χ3v) is 3.42. The van der Waals surface area contributed by atoms with Crippen molar-refractivity contribution in [3.63, 3.8) is 0 Å². The zero-order valence-electron chi connectivity index (χ0n) is 8.18. The number of nitrogens with zero attached hydrogens (tertiary/aromatic N) is 2. The molecule has 15 heavy (non-hydrogen) atoms. The molecule has 2 N–H and O–H groups in total. The Morgan fingerprint density at radius 3 is 2.93 bits per heavy atom. The van der Waals surface area contributed by atoms with Crippen molar-refractivity contribution in [3.8, 4) is 10.7 Å². The van der Waals surface area contributed by atoms with Crippen LogP contribution in [-0.4, -0.2) is 9.97 Å². The number of aromatic nitrogens is 2. The van der Waals surface area contributed by atoms with Gasteiger partial charge in [0, 0.05) is 5.92 Å². The quantitative estimate of drug-likeness (QED) is 0.841. The van der Waals surface area contributed by atoms with Crippen LogP contribution >= 0.6 is 11.3 Å². The van der Waals surface area contributed by atoms with Crippen molar-refractivity contribution in [2.24, 2.45) is 0 Å². The first-order valence-corrected chi connectivity index (χ1v) is 5.89. The molecule has 0 unspecified atom stereocenters. The molecule has 2 aromatic rings. The molecule has 3 rings (SSSR count). The molecule has 0 saturated heterocycles. The lowest BCUT2D eigenvalue weighted by atomic mass is 10.2. The standard InChI is InChI=1S/C11H11N3S/c12-8-6-13-11(9-2-1-5-15-9)14-10(8)7-3-4-7/h1-2,5-7H,3-4,12H2. The maximum atomic E-state index is 5.86. The van der Waals surface area contributed by atoms with Crippen LogP contribution in [0.25, 0.3) is 10.7 Å². The van der Waals surface area contributed by atoms with Crippen LogP contribution in [0.5, 0.6) is 0 Å². The van der Waals surface area contributed by atoms with Gasteiger partial charge in [-0.25, -0.2) is 9.97 Å². The van der Waals surface area contributed by atoms with Gasteiger partial charge < -0.3 is 5.73 Å². The predicted octanol–water partition coefficient (Wildman–Crippen LogP) is 2.66. The van der Waals surface area contributed by atoms with Gasteiger partial charge in [0.25, 0.3) is 0 Å². The minimum atomic E-state index is 0.576. The first-order valence-electron chi connectivity index (χ1n) is 5.01. The molecular weight excluding hydrogens is 206 g/mol. The Bertz CT molecular complexity index is 475. The second kappa shape index (κ2) is 3.31. The van der Waals surface area contributed by atoms with Crippen LogP contribution in [0.2, 0.25) is 0 Å². The number of hydrogen-bond donors (Lipinski definition) is 1. The molecule has 0 aliphatic heterocycles. The minimum absolute atomic E-state index is 0.576. The van der Waals surface area contributed by atoms with Crippen molar-refractivity contribution >= 4 is 17.0 Å². The number of hydrogen-bond acceptors (Lipinski definition) is 4. The van der Waals surface area contributed by atoms with E-state index in [9.17, 15) is 0 Å². The van der Waals surface area contributed by atoms with Crippen LogP contribution in [0.3, 0.4) is 0 Å². The molecule has 76 valence electrons. The van der Waals surface area contributed by atoms with Gasteiger partial charge in [0.2, 0.25) is 0 Å². The van der Waals surface area contributed by atoms with E-state index in [0.29, 0.717) is 5.92 Å². The number of rotatable bonds is 2. The third kappa shape index (κ3) is 1.61. The van der Waals surface area contributed by atoms with Gasteiger partial charge in [0.15, 0.2) is 5.82 Å². The van der Waals surface area contributed by atoms with Crippen molar-refractivity contribution in [3.05, 3.63) is 29.4 Å². The summed E-state index contributed by atoms with van der Waals surface area (Å²) >= 11 is 1.66. The maximum absolute atomic E-state index is 5.86. The van der Waals surface area contributed by atoms with Gasteiger partial charge in [0.05, 0.1) is 22.5 Å². The Hall–Kier alpha value is -1.42.